The molecule has 0 saturated heterocycles. The van der Waals surface area contributed by atoms with E-state index in [-0.39, 0.29) is 18.3 Å². The van der Waals surface area contributed by atoms with Crippen LogP contribution < -0.4 is 5.32 Å². The van der Waals surface area contributed by atoms with Gasteiger partial charge in [0.25, 0.3) is 5.91 Å². The highest BCUT2D eigenvalue weighted by Crippen LogP contribution is 2.29. The Kier molecular flexibility index (Phi) is 6.65. The zero-order valence-corrected chi connectivity index (χ0v) is 17.7. The predicted octanol–water partition coefficient (Wildman–Crippen LogP) is 5.14. The fraction of sp³-hybridized carbons (Fsp3) is 0.200. The quantitative estimate of drug-likeness (QED) is 0.581. The number of thiazole rings is 1. The van der Waals surface area contributed by atoms with Crippen LogP contribution in [0.25, 0.3) is 0 Å². The van der Waals surface area contributed by atoms with E-state index in [2.05, 4.69) is 55.4 Å². The van der Waals surface area contributed by atoms with Crippen LogP contribution in [0.1, 0.15) is 26.5 Å². The van der Waals surface area contributed by atoms with Crippen LogP contribution in [0.3, 0.4) is 0 Å². The number of amides is 1. The van der Waals surface area contributed by atoms with Gasteiger partial charge in [-0.1, -0.05) is 52.3 Å². The fourth-order valence-electron chi connectivity index (χ4n) is 3.08. The third kappa shape index (κ3) is 4.96. The minimum Gasteiger partial charge on any atom is -0.298 e. The standard InChI is InChI=1S/C20H18BrN3OS.ClH/c21-16-8-4-7-15(11-16)19(25)23-20-22-17-9-10-24(13-18(17)26-20)12-14-5-2-1-3-6-14;/h1-8,11H,9-10,12-13H2,(H,22,23,25);1H. The Morgan fingerprint density at radius 2 is 2.00 bits per heavy atom. The average molecular weight is 465 g/mol. The van der Waals surface area contributed by atoms with Gasteiger partial charge in [-0.05, 0) is 23.8 Å². The van der Waals surface area contributed by atoms with Crippen molar-refractivity contribution in [2.75, 3.05) is 11.9 Å². The lowest BCUT2D eigenvalue weighted by Crippen LogP contribution is -2.29. The van der Waals surface area contributed by atoms with Gasteiger partial charge in [-0.2, -0.15) is 0 Å². The number of aromatic nitrogens is 1. The molecule has 1 aromatic heterocycles. The lowest BCUT2D eigenvalue weighted by Gasteiger charge is -2.25. The third-order valence-electron chi connectivity index (χ3n) is 4.37. The zero-order valence-electron chi connectivity index (χ0n) is 14.5. The number of nitrogens with zero attached hydrogens (tertiary/aromatic N) is 2. The Bertz CT molecular complexity index is 932. The minimum atomic E-state index is -0.126. The maximum absolute atomic E-state index is 12.4. The van der Waals surface area contributed by atoms with Crippen molar-refractivity contribution in [3.63, 3.8) is 0 Å². The molecule has 1 aliphatic heterocycles. The Labute approximate surface area is 177 Å². The molecule has 0 atom stereocenters. The van der Waals surface area contributed by atoms with Gasteiger partial charge in [0.1, 0.15) is 0 Å². The van der Waals surface area contributed by atoms with E-state index in [4.69, 9.17) is 0 Å². The third-order valence-corrected chi connectivity index (χ3v) is 5.86. The fourth-order valence-corrected chi connectivity index (χ4v) is 4.52. The molecule has 0 unspecified atom stereocenters. The van der Waals surface area contributed by atoms with Crippen molar-refractivity contribution in [3.05, 3.63) is 80.8 Å². The summed E-state index contributed by atoms with van der Waals surface area (Å²) in [5.74, 6) is -0.126. The molecule has 2 heterocycles. The summed E-state index contributed by atoms with van der Waals surface area (Å²) in [6.45, 7) is 2.82. The maximum Gasteiger partial charge on any atom is 0.257 e. The van der Waals surface area contributed by atoms with Crippen molar-refractivity contribution in [1.82, 2.24) is 9.88 Å². The monoisotopic (exact) mass is 463 g/mol. The molecule has 0 bridgehead atoms. The van der Waals surface area contributed by atoms with E-state index in [1.807, 2.05) is 24.3 Å². The number of carbonyl (C=O) groups is 1. The van der Waals surface area contributed by atoms with E-state index in [9.17, 15) is 4.79 Å². The van der Waals surface area contributed by atoms with Crippen LogP contribution in [0.15, 0.2) is 59.1 Å². The van der Waals surface area contributed by atoms with E-state index in [1.54, 1.807) is 17.4 Å². The first-order chi connectivity index (χ1) is 12.7. The summed E-state index contributed by atoms with van der Waals surface area (Å²) in [5, 5.41) is 3.62. The van der Waals surface area contributed by atoms with Crippen LogP contribution in [0.4, 0.5) is 5.13 Å². The average Bonchev–Trinajstić information content (AvgIpc) is 3.04. The highest BCUT2D eigenvalue weighted by Gasteiger charge is 2.21. The summed E-state index contributed by atoms with van der Waals surface area (Å²) in [4.78, 5) is 20.7. The van der Waals surface area contributed by atoms with Gasteiger partial charge >= 0.3 is 0 Å². The summed E-state index contributed by atoms with van der Waals surface area (Å²) in [6, 6.07) is 17.9. The first kappa shape index (κ1) is 20.0. The Morgan fingerprint density at radius 1 is 1.19 bits per heavy atom. The number of benzene rings is 2. The van der Waals surface area contributed by atoms with Crippen molar-refractivity contribution in [2.45, 2.75) is 19.5 Å². The molecule has 140 valence electrons. The summed E-state index contributed by atoms with van der Waals surface area (Å²) in [5.41, 5.74) is 3.06. The highest BCUT2D eigenvalue weighted by molar-refractivity contribution is 9.10. The van der Waals surface area contributed by atoms with Gasteiger partial charge in [0.05, 0.1) is 5.69 Å². The van der Waals surface area contributed by atoms with E-state index in [0.717, 1.165) is 36.2 Å². The number of hydrogen-bond donors (Lipinski definition) is 1. The van der Waals surface area contributed by atoms with Crippen molar-refractivity contribution < 1.29 is 4.79 Å². The molecule has 0 aliphatic carbocycles. The molecule has 4 rings (SSSR count). The topological polar surface area (TPSA) is 45.2 Å². The number of hydrogen-bond acceptors (Lipinski definition) is 4. The molecular weight excluding hydrogens is 446 g/mol. The van der Waals surface area contributed by atoms with Gasteiger partial charge in [0.2, 0.25) is 0 Å². The van der Waals surface area contributed by atoms with Gasteiger partial charge in [-0.3, -0.25) is 15.0 Å². The molecule has 0 fully saturated rings. The van der Waals surface area contributed by atoms with E-state index < -0.39 is 0 Å². The Hall–Kier alpha value is -1.73. The van der Waals surface area contributed by atoms with Crippen LogP contribution in [-0.4, -0.2) is 22.3 Å². The van der Waals surface area contributed by atoms with Gasteiger partial charge in [0, 0.05) is 41.0 Å². The van der Waals surface area contributed by atoms with Crippen molar-refractivity contribution in [1.29, 1.82) is 0 Å². The van der Waals surface area contributed by atoms with Crippen LogP contribution in [0.2, 0.25) is 0 Å². The summed E-state index contributed by atoms with van der Waals surface area (Å²) in [7, 11) is 0. The summed E-state index contributed by atoms with van der Waals surface area (Å²) in [6.07, 6.45) is 0.922. The lowest BCUT2D eigenvalue weighted by atomic mass is 10.1. The van der Waals surface area contributed by atoms with Crippen molar-refractivity contribution in [2.24, 2.45) is 0 Å². The smallest absolute Gasteiger partial charge is 0.257 e. The second-order valence-corrected chi connectivity index (χ2v) is 8.30. The van der Waals surface area contributed by atoms with Crippen LogP contribution >= 0.6 is 39.7 Å². The number of fused-ring (bicyclic) bond motifs is 1. The Morgan fingerprint density at radius 3 is 2.78 bits per heavy atom. The van der Waals surface area contributed by atoms with E-state index in [0.29, 0.717) is 10.7 Å². The number of halogens is 2. The number of rotatable bonds is 4. The van der Waals surface area contributed by atoms with Crippen LogP contribution in [0, 0.1) is 0 Å². The second kappa shape index (κ2) is 8.97. The van der Waals surface area contributed by atoms with E-state index in [1.165, 1.54) is 10.4 Å². The molecule has 0 saturated carbocycles. The molecule has 3 aromatic rings. The highest BCUT2D eigenvalue weighted by atomic mass is 79.9. The molecule has 2 aromatic carbocycles. The molecule has 7 heteroatoms. The second-order valence-electron chi connectivity index (χ2n) is 6.30. The number of carbonyl (C=O) groups excluding carboxylic acids is 1. The van der Waals surface area contributed by atoms with E-state index >= 15 is 0 Å². The van der Waals surface area contributed by atoms with Gasteiger partial charge < -0.3 is 0 Å². The normalized spacial score (nSPS) is 13.5. The minimum absolute atomic E-state index is 0. The summed E-state index contributed by atoms with van der Waals surface area (Å²) < 4.78 is 0.889. The van der Waals surface area contributed by atoms with Gasteiger partial charge in [-0.15, -0.1) is 23.7 Å². The van der Waals surface area contributed by atoms with Crippen LogP contribution in [-0.2, 0) is 19.5 Å². The number of anilines is 1. The maximum atomic E-state index is 12.4. The summed E-state index contributed by atoms with van der Waals surface area (Å²) >= 11 is 4.98. The number of nitrogens with one attached hydrogen (secondary N) is 1. The van der Waals surface area contributed by atoms with Gasteiger partial charge in [-0.25, -0.2) is 4.98 Å². The van der Waals surface area contributed by atoms with Crippen molar-refractivity contribution >= 4 is 50.7 Å². The van der Waals surface area contributed by atoms with Crippen LogP contribution in [0.5, 0.6) is 0 Å². The first-order valence-electron chi connectivity index (χ1n) is 8.49. The molecule has 4 nitrogen and oxygen atoms in total. The molecule has 1 N–H and O–H groups in total. The molecule has 0 spiro atoms. The SMILES string of the molecule is Cl.O=C(Nc1nc2c(s1)CN(Cc1ccccc1)CC2)c1cccc(Br)c1. The molecule has 27 heavy (non-hydrogen) atoms. The molecule has 1 aliphatic rings. The largest absolute Gasteiger partial charge is 0.298 e. The predicted molar refractivity (Wildman–Crippen MR) is 116 cm³/mol. The molecule has 0 radical (unpaired) electrons. The molecular formula is C20H19BrClN3OS. The zero-order chi connectivity index (χ0) is 17.9. The van der Waals surface area contributed by atoms with Crippen molar-refractivity contribution in [3.8, 4) is 0 Å². The van der Waals surface area contributed by atoms with Gasteiger partial charge in [0.15, 0.2) is 5.13 Å². The first-order valence-corrected chi connectivity index (χ1v) is 10.1. The Balaban J connectivity index is 0.00000210. The lowest BCUT2D eigenvalue weighted by molar-refractivity contribution is 0.102. The molecule has 1 amide bonds.